The zero-order valence-corrected chi connectivity index (χ0v) is 8.86. The van der Waals surface area contributed by atoms with Gasteiger partial charge < -0.3 is 5.32 Å². The maximum absolute atomic E-state index is 11.5. The topological polar surface area (TPSA) is 54.9 Å². The molecule has 0 bridgehead atoms. The molecule has 1 aromatic rings. The van der Waals surface area contributed by atoms with Crippen molar-refractivity contribution >= 4 is 5.91 Å². The van der Waals surface area contributed by atoms with Crippen molar-refractivity contribution in [3.05, 3.63) is 23.8 Å². The molecule has 2 rings (SSSR count). The van der Waals surface area contributed by atoms with Gasteiger partial charge in [-0.3, -0.25) is 4.79 Å². The zero-order valence-electron chi connectivity index (χ0n) is 8.86. The fourth-order valence-corrected chi connectivity index (χ4v) is 1.35. The highest BCUT2D eigenvalue weighted by Gasteiger charge is 2.26. The number of aromatic nitrogens is 2. The predicted octanol–water partition coefficient (Wildman–Crippen LogP) is 1.49. The summed E-state index contributed by atoms with van der Waals surface area (Å²) in [6.45, 7) is 2.72. The number of amides is 1. The van der Waals surface area contributed by atoms with Gasteiger partial charge in [-0.25, -0.2) is 9.97 Å². The van der Waals surface area contributed by atoms with Gasteiger partial charge in [-0.1, -0.05) is 6.92 Å². The molecule has 1 saturated carbocycles. The van der Waals surface area contributed by atoms with E-state index in [0.29, 0.717) is 18.0 Å². The fraction of sp³-hybridized carbons (Fsp3) is 0.545. The maximum atomic E-state index is 11.5. The Morgan fingerprint density at radius 1 is 1.47 bits per heavy atom. The molecule has 0 atom stereocenters. The summed E-state index contributed by atoms with van der Waals surface area (Å²) in [4.78, 5) is 19.9. The first-order chi connectivity index (χ1) is 7.31. The first kappa shape index (κ1) is 10.1. The van der Waals surface area contributed by atoms with Gasteiger partial charge >= 0.3 is 0 Å². The molecule has 1 aliphatic rings. The monoisotopic (exact) mass is 205 g/mol. The third kappa shape index (κ3) is 2.52. The van der Waals surface area contributed by atoms with Gasteiger partial charge in [-0.15, -0.1) is 0 Å². The minimum atomic E-state index is -0.0841. The van der Waals surface area contributed by atoms with Crippen LogP contribution in [0.15, 0.2) is 12.4 Å². The van der Waals surface area contributed by atoms with E-state index in [1.807, 2.05) is 6.92 Å². The molecule has 0 aliphatic heterocycles. The van der Waals surface area contributed by atoms with Crippen molar-refractivity contribution < 1.29 is 4.79 Å². The molecular formula is C11H15N3O. The van der Waals surface area contributed by atoms with Crippen LogP contribution in [-0.2, 0) is 0 Å². The molecule has 15 heavy (non-hydrogen) atoms. The van der Waals surface area contributed by atoms with E-state index in [9.17, 15) is 4.79 Å². The van der Waals surface area contributed by atoms with Crippen LogP contribution < -0.4 is 5.32 Å². The number of hydrogen-bond donors (Lipinski definition) is 1. The third-order valence-corrected chi connectivity index (χ3v) is 2.41. The van der Waals surface area contributed by atoms with Crippen LogP contribution >= 0.6 is 0 Å². The van der Waals surface area contributed by atoms with Gasteiger partial charge in [-0.05, 0) is 19.3 Å². The highest BCUT2D eigenvalue weighted by molar-refractivity contribution is 5.93. The largest absolute Gasteiger partial charge is 0.352 e. The molecule has 80 valence electrons. The highest BCUT2D eigenvalue weighted by Crippen LogP contribution is 2.37. The average molecular weight is 205 g/mol. The van der Waals surface area contributed by atoms with Crippen LogP contribution in [0.1, 0.15) is 48.3 Å². The molecule has 1 heterocycles. The first-order valence-corrected chi connectivity index (χ1v) is 5.41. The van der Waals surface area contributed by atoms with Crippen molar-refractivity contribution in [1.82, 2.24) is 15.3 Å². The summed E-state index contributed by atoms with van der Waals surface area (Å²) in [6, 6.07) is 0. The van der Waals surface area contributed by atoms with Gasteiger partial charge in [0.15, 0.2) is 0 Å². The van der Waals surface area contributed by atoms with Crippen molar-refractivity contribution in [3.63, 3.8) is 0 Å². The van der Waals surface area contributed by atoms with Crippen molar-refractivity contribution in [3.8, 4) is 0 Å². The van der Waals surface area contributed by atoms with E-state index >= 15 is 0 Å². The van der Waals surface area contributed by atoms with Crippen LogP contribution in [0.5, 0.6) is 0 Å². The van der Waals surface area contributed by atoms with Crippen molar-refractivity contribution in [2.75, 3.05) is 6.54 Å². The Bertz CT molecular complexity index is 343. The number of rotatable bonds is 4. The smallest absolute Gasteiger partial charge is 0.254 e. The molecule has 4 nitrogen and oxygen atoms in total. The van der Waals surface area contributed by atoms with Gasteiger partial charge in [0.25, 0.3) is 5.91 Å². The molecule has 0 aromatic carbocycles. The number of hydrogen-bond acceptors (Lipinski definition) is 3. The van der Waals surface area contributed by atoms with Crippen LogP contribution in [0.2, 0.25) is 0 Å². The van der Waals surface area contributed by atoms with Crippen molar-refractivity contribution in [2.24, 2.45) is 0 Å². The SMILES string of the molecule is CCCNC(=O)c1cnc(C2CC2)nc1. The second-order valence-electron chi connectivity index (χ2n) is 3.86. The lowest BCUT2D eigenvalue weighted by molar-refractivity contribution is 0.0953. The molecule has 1 aliphatic carbocycles. The highest BCUT2D eigenvalue weighted by atomic mass is 16.1. The Hall–Kier alpha value is -1.45. The lowest BCUT2D eigenvalue weighted by Crippen LogP contribution is -2.24. The Morgan fingerprint density at radius 2 is 2.13 bits per heavy atom. The van der Waals surface area contributed by atoms with Gasteiger partial charge in [0.05, 0.1) is 5.56 Å². The summed E-state index contributed by atoms with van der Waals surface area (Å²) in [5.41, 5.74) is 0.549. The number of nitrogens with one attached hydrogen (secondary N) is 1. The quantitative estimate of drug-likeness (QED) is 0.810. The van der Waals surface area contributed by atoms with E-state index in [1.165, 1.54) is 12.8 Å². The molecule has 1 fully saturated rings. The van der Waals surface area contributed by atoms with Crippen LogP contribution in [-0.4, -0.2) is 22.4 Å². The Labute approximate surface area is 89.1 Å². The van der Waals surface area contributed by atoms with Crippen LogP contribution in [0.3, 0.4) is 0 Å². The normalized spacial score (nSPS) is 15.0. The van der Waals surface area contributed by atoms with E-state index in [-0.39, 0.29) is 5.91 Å². The van der Waals surface area contributed by atoms with E-state index in [2.05, 4.69) is 15.3 Å². The summed E-state index contributed by atoms with van der Waals surface area (Å²) in [6.07, 6.45) is 6.53. The summed E-state index contributed by atoms with van der Waals surface area (Å²) < 4.78 is 0. The predicted molar refractivity (Wildman–Crippen MR) is 56.6 cm³/mol. The second kappa shape index (κ2) is 4.38. The summed E-state index contributed by atoms with van der Waals surface area (Å²) in [5, 5.41) is 2.79. The summed E-state index contributed by atoms with van der Waals surface area (Å²) in [7, 11) is 0. The lowest BCUT2D eigenvalue weighted by Gasteiger charge is -2.03. The van der Waals surface area contributed by atoms with Gasteiger partial charge in [0.2, 0.25) is 0 Å². The van der Waals surface area contributed by atoms with E-state index < -0.39 is 0 Å². The molecule has 0 radical (unpaired) electrons. The van der Waals surface area contributed by atoms with Crippen molar-refractivity contribution in [1.29, 1.82) is 0 Å². The fourth-order valence-electron chi connectivity index (χ4n) is 1.35. The number of nitrogens with zero attached hydrogens (tertiary/aromatic N) is 2. The minimum Gasteiger partial charge on any atom is -0.352 e. The lowest BCUT2D eigenvalue weighted by atomic mass is 10.3. The molecule has 1 N–H and O–H groups in total. The van der Waals surface area contributed by atoms with E-state index in [1.54, 1.807) is 12.4 Å². The Balaban J connectivity index is 1.99. The van der Waals surface area contributed by atoms with E-state index in [0.717, 1.165) is 12.2 Å². The van der Waals surface area contributed by atoms with Crippen LogP contribution in [0.4, 0.5) is 0 Å². The molecule has 0 unspecified atom stereocenters. The summed E-state index contributed by atoms with van der Waals surface area (Å²) >= 11 is 0. The van der Waals surface area contributed by atoms with Gasteiger partial charge in [0, 0.05) is 24.9 Å². The third-order valence-electron chi connectivity index (χ3n) is 2.41. The molecule has 0 saturated heterocycles. The van der Waals surface area contributed by atoms with Crippen molar-refractivity contribution in [2.45, 2.75) is 32.1 Å². The standard InChI is InChI=1S/C11H15N3O/c1-2-5-12-11(15)9-6-13-10(14-7-9)8-3-4-8/h6-8H,2-5H2,1H3,(H,12,15). The number of carbonyl (C=O) groups excluding carboxylic acids is 1. The van der Waals surface area contributed by atoms with Crippen LogP contribution in [0.25, 0.3) is 0 Å². The maximum Gasteiger partial charge on any atom is 0.254 e. The zero-order chi connectivity index (χ0) is 10.7. The van der Waals surface area contributed by atoms with Crippen LogP contribution in [0, 0.1) is 0 Å². The van der Waals surface area contributed by atoms with Gasteiger partial charge in [-0.2, -0.15) is 0 Å². The minimum absolute atomic E-state index is 0.0841. The molecule has 1 amide bonds. The number of carbonyl (C=O) groups is 1. The molecule has 0 spiro atoms. The van der Waals surface area contributed by atoms with Gasteiger partial charge in [0.1, 0.15) is 5.82 Å². The van der Waals surface area contributed by atoms with E-state index in [4.69, 9.17) is 0 Å². The Kier molecular flexibility index (Phi) is 2.94. The molecule has 4 heteroatoms. The first-order valence-electron chi connectivity index (χ1n) is 5.41. The second-order valence-corrected chi connectivity index (χ2v) is 3.86. The molecule has 1 aromatic heterocycles. The average Bonchev–Trinajstić information content (AvgIpc) is 3.10. The molecular weight excluding hydrogens is 190 g/mol. The Morgan fingerprint density at radius 3 is 2.67 bits per heavy atom. The summed E-state index contributed by atoms with van der Waals surface area (Å²) in [5.74, 6) is 1.33.